The highest BCUT2D eigenvalue weighted by molar-refractivity contribution is 7.14. The summed E-state index contributed by atoms with van der Waals surface area (Å²) in [5.74, 6) is 0.377. The van der Waals surface area contributed by atoms with Gasteiger partial charge in [-0.2, -0.15) is 0 Å². The van der Waals surface area contributed by atoms with E-state index in [0.29, 0.717) is 10.9 Å². The first-order chi connectivity index (χ1) is 11.2. The number of thiazole rings is 1. The van der Waals surface area contributed by atoms with Crippen molar-refractivity contribution in [1.29, 1.82) is 0 Å². The Morgan fingerprint density at radius 3 is 2.83 bits per heavy atom. The van der Waals surface area contributed by atoms with E-state index in [1.807, 2.05) is 42.6 Å². The minimum absolute atomic E-state index is 0.229. The topological polar surface area (TPSA) is 59.2 Å². The Labute approximate surface area is 137 Å². The van der Waals surface area contributed by atoms with Crippen LogP contribution in [-0.2, 0) is 11.3 Å². The van der Waals surface area contributed by atoms with Gasteiger partial charge in [-0.15, -0.1) is 11.3 Å². The van der Waals surface area contributed by atoms with Gasteiger partial charge in [0.2, 0.25) is 0 Å². The monoisotopic (exact) mass is 325 g/mol. The molecule has 23 heavy (non-hydrogen) atoms. The summed E-state index contributed by atoms with van der Waals surface area (Å²) in [6.07, 6.45) is 1.27. The van der Waals surface area contributed by atoms with Crippen LogP contribution in [0.15, 0.2) is 59.0 Å². The van der Waals surface area contributed by atoms with Gasteiger partial charge in [-0.1, -0.05) is 42.1 Å². The molecule has 0 saturated heterocycles. The van der Waals surface area contributed by atoms with Crippen LogP contribution < -0.4 is 4.90 Å². The van der Waals surface area contributed by atoms with Gasteiger partial charge >= 0.3 is 0 Å². The van der Waals surface area contributed by atoms with E-state index in [-0.39, 0.29) is 12.5 Å². The molecule has 2 heterocycles. The molecule has 0 fully saturated rings. The highest BCUT2D eigenvalue weighted by atomic mass is 32.1. The van der Waals surface area contributed by atoms with Crippen molar-refractivity contribution >= 4 is 22.4 Å². The van der Waals surface area contributed by atoms with Gasteiger partial charge in [0.25, 0.3) is 5.91 Å². The van der Waals surface area contributed by atoms with Crippen LogP contribution in [0.1, 0.15) is 11.5 Å². The lowest BCUT2D eigenvalue weighted by atomic mass is 10.2. The van der Waals surface area contributed by atoms with Crippen molar-refractivity contribution < 1.29 is 9.32 Å². The van der Waals surface area contributed by atoms with Crippen LogP contribution in [0, 0.1) is 6.92 Å². The van der Waals surface area contributed by atoms with Crippen LogP contribution in [-0.4, -0.2) is 16.0 Å². The van der Waals surface area contributed by atoms with Gasteiger partial charge in [0.05, 0.1) is 17.9 Å². The van der Waals surface area contributed by atoms with Crippen LogP contribution in [0.2, 0.25) is 0 Å². The summed E-state index contributed by atoms with van der Waals surface area (Å²) in [6.45, 7) is 5.67. The van der Waals surface area contributed by atoms with Gasteiger partial charge in [-0.05, 0) is 13.0 Å². The smallest absolute Gasteiger partial charge is 0.252 e. The third kappa shape index (κ3) is 3.37. The molecule has 3 aromatic rings. The van der Waals surface area contributed by atoms with E-state index < -0.39 is 0 Å². The van der Waals surface area contributed by atoms with Crippen molar-refractivity contribution in [2.45, 2.75) is 13.5 Å². The fourth-order valence-corrected chi connectivity index (χ4v) is 2.97. The Balaban J connectivity index is 1.90. The van der Waals surface area contributed by atoms with Crippen molar-refractivity contribution in [3.05, 3.63) is 65.9 Å². The van der Waals surface area contributed by atoms with Crippen molar-refractivity contribution in [3.8, 4) is 11.3 Å². The minimum atomic E-state index is -0.229. The van der Waals surface area contributed by atoms with Gasteiger partial charge in [-0.3, -0.25) is 9.69 Å². The second kappa shape index (κ2) is 6.58. The fraction of sp³-hybridized carbons (Fsp3) is 0.118. The summed E-state index contributed by atoms with van der Waals surface area (Å²) in [5, 5.41) is 6.38. The SMILES string of the molecule is C=CC(=O)N(Cc1cc(C)no1)c1nc(-c2ccccc2)cs1. The van der Waals surface area contributed by atoms with Crippen LogP contribution in [0.5, 0.6) is 0 Å². The molecule has 0 spiro atoms. The Bertz CT molecular complexity index is 823. The van der Waals surface area contributed by atoms with E-state index >= 15 is 0 Å². The maximum atomic E-state index is 12.2. The van der Waals surface area contributed by atoms with E-state index in [2.05, 4.69) is 16.7 Å². The van der Waals surface area contributed by atoms with Gasteiger partial charge in [0, 0.05) is 17.0 Å². The van der Waals surface area contributed by atoms with E-state index in [9.17, 15) is 4.79 Å². The maximum Gasteiger partial charge on any atom is 0.252 e. The summed E-state index contributed by atoms with van der Waals surface area (Å²) < 4.78 is 5.20. The third-order valence-corrected chi connectivity index (χ3v) is 4.09. The molecule has 0 N–H and O–H groups in total. The van der Waals surface area contributed by atoms with Crippen molar-refractivity contribution in [2.75, 3.05) is 4.90 Å². The zero-order valence-corrected chi connectivity index (χ0v) is 13.4. The average molecular weight is 325 g/mol. The number of anilines is 1. The lowest BCUT2D eigenvalue weighted by Crippen LogP contribution is -2.28. The first kappa shape index (κ1) is 15.2. The zero-order valence-electron chi connectivity index (χ0n) is 12.6. The number of carbonyl (C=O) groups is 1. The van der Waals surface area contributed by atoms with Crippen LogP contribution in [0.25, 0.3) is 11.3 Å². The molecule has 1 aromatic carbocycles. The Kier molecular flexibility index (Phi) is 4.34. The Morgan fingerprint density at radius 2 is 2.17 bits per heavy atom. The van der Waals surface area contributed by atoms with E-state index in [0.717, 1.165) is 17.0 Å². The third-order valence-electron chi connectivity index (χ3n) is 3.22. The van der Waals surface area contributed by atoms with Gasteiger partial charge < -0.3 is 4.52 Å². The van der Waals surface area contributed by atoms with Gasteiger partial charge in [0.15, 0.2) is 10.9 Å². The van der Waals surface area contributed by atoms with Crippen molar-refractivity contribution in [2.24, 2.45) is 0 Å². The second-order valence-electron chi connectivity index (χ2n) is 4.94. The quantitative estimate of drug-likeness (QED) is 0.669. The summed E-state index contributed by atoms with van der Waals surface area (Å²) in [7, 11) is 0. The predicted molar refractivity (Wildman–Crippen MR) is 90.2 cm³/mol. The molecule has 0 radical (unpaired) electrons. The fourth-order valence-electron chi connectivity index (χ4n) is 2.13. The Morgan fingerprint density at radius 1 is 1.39 bits per heavy atom. The van der Waals surface area contributed by atoms with Crippen molar-refractivity contribution in [1.82, 2.24) is 10.1 Å². The number of aromatic nitrogens is 2. The molecule has 0 saturated carbocycles. The predicted octanol–water partition coefficient (Wildman–Crippen LogP) is 3.83. The normalized spacial score (nSPS) is 10.5. The molecule has 0 aliphatic rings. The summed E-state index contributed by atoms with van der Waals surface area (Å²) in [6, 6.07) is 11.6. The largest absolute Gasteiger partial charge is 0.359 e. The van der Waals surface area contributed by atoms with Gasteiger partial charge in [-0.25, -0.2) is 4.98 Å². The number of nitrogens with zero attached hydrogens (tertiary/aromatic N) is 3. The Hall–Kier alpha value is -2.73. The lowest BCUT2D eigenvalue weighted by molar-refractivity contribution is -0.114. The molecule has 0 bridgehead atoms. The number of rotatable bonds is 5. The molecule has 5 nitrogen and oxygen atoms in total. The highest BCUT2D eigenvalue weighted by Crippen LogP contribution is 2.28. The second-order valence-corrected chi connectivity index (χ2v) is 5.78. The number of hydrogen-bond acceptors (Lipinski definition) is 5. The first-order valence-electron chi connectivity index (χ1n) is 7.04. The first-order valence-corrected chi connectivity index (χ1v) is 7.92. The molecular weight excluding hydrogens is 310 g/mol. The zero-order chi connectivity index (χ0) is 16.2. The average Bonchev–Trinajstić information content (AvgIpc) is 3.22. The van der Waals surface area contributed by atoms with Crippen LogP contribution in [0.3, 0.4) is 0 Å². The number of benzene rings is 1. The molecule has 2 aromatic heterocycles. The molecular formula is C17H15N3O2S. The molecule has 0 aliphatic carbocycles. The van der Waals surface area contributed by atoms with E-state index in [1.165, 1.54) is 22.3 Å². The highest BCUT2D eigenvalue weighted by Gasteiger charge is 2.19. The molecule has 6 heteroatoms. The van der Waals surface area contributed by atoms with Crippen LogP contribution in [0.4, 0.5) is 5.13 Å². The minimum Gasteiger partial charge on any atom is -0.359 e. The summed E-state index contributed by atoms with van der Waals surface area (Å²) in [4.78, 5) is 18.3. The number of hydrogen-bond donors (Lipinski definition) is 0. The summed E-state index contributed by atoms with van der Waals surface area (Å²) in [5.41, 5.74) is 2.62. The number of amides is 1. The lowest BCUT2D eigenvalue weighted by Gasteiger charge is -2.16. The standard InChI is InChI=1S/C17H15N3O2S/c1-3-16(21)20(10-14-9-12(2)19-22-14)17-18-15(11-23-17)13-7-5-4-6-8-13/h3-9,11H,1,10H2,2H3. The molecule has 116 valence electrons. The molecule has 0 unspecified atom stereocenters. The van der Waals surface area contributed by atoms with E-state index in [1.54, 1.807) is 6.07 Å². The maximum absolute atomic E-state index is 12.2. The molecule has 0 atom stereocenters. The molecule has 1 amide bonds. The number of carbonyl (C=O) groups excluding carboxylic acids is 1. The van der Waals surface area contributed by atoms with E-state index in [4.69, 9.17) is 4.52 Å². The molecule has 0 aliphatic heterocycles. The molecule has 3 rings (SSSR count). The van der Waals surface area contributed by atoms with Crippen molar-refractivity contribution in [3.63, 3.8) is 0 Å². The summed E-state index contributed by atoms with van der Waals surface area (Å²) >= 11 is 1.41. The number of aryl methyl sites for hydroxylation is 1. The van der Waals surface area contributed by atoms with Gasteiger partial charge in [0.1, 0.15) is 0 Å². The van der Waals surface area contributed by atoms with Crippen LogP contribution >= 0.6 is 11.3 Å².